The molecule has 0 aliphatic heterocycles. The van der Waals surface area contributed by atoms with E-state index in [2.05, 4.69) is 4.52 Å². The number of hydrogen-bond acceptors (Lipinski definition) is 7. The van der Waals surface area contributed by atoms with Crippen LogP contribution in [0.25, 0.3) is 10.1 Å². The van der Waals surface area contributed by atoms with Crippen molar-refractivity contribution in [1.82, 2.24) is 0 Å². The van der Waals surface area contributed by atoms with Crippen LogP contribution in [-0.2, 0) is 14.6 Å². The first kappa shape index (κ1) is 21.0. The van der Waals surface area contributed by atoms with Crippen LogP contribution in [0.5, 0.6) is 5.75 Å². The molecule has 7 nitrogen and oxygen atoms in total. The summed E-state index contributed by atoms with van der Waals surface area (Å²) in [6.07, 6.45) is 0. The molecule has 0 aliphatic carbocycles. The molecular formula is C8H6NNa2O6PS2. The zero-order chi connectivity index (χ0) is 13.6. The van der Waals surface area contributed by atoms with Gasteiger partial charge in [-0.05, 0) is 29.7 Å². The van der Waals surface area contributed by atoms with E-state index in [1.54, 1.807) is 0 Å². The first-order valence-electron chi connectivity index (χ1n) is 4.43. The third kappa shape index (κ3) is 5.68. The first-order valence-corrected chi connectivity index (χ1v) is 8.25. The van der Waals surface area contributed by atoms with E-state index in [0.717, 1.165) is 11.3 Å². The standard InChI is InChI=1S/C8H8NO6PS2.2Na/c9-18(13,14)8-3-5-1-2-6(4-7(5)17-8)15-16(10,11)12;;/h1-4H,(H2,9,13,14)(H2,10,11,12);;/q;2*+1/p-2. The molecule has 0 spiro atoms. The third-order valence-electron chi connectivity index (χ3n) is 1.97. The molecule has 2 rings (SSSR count). The van der Waals surface area contributed by atoms with Crippen LogP contribution >= 0.6 is 19.2 Å². The number of phosphoric acid groups is 1. The van der Waals surface area contributed by atoms with E-state index >= 15 is 0 Å². The summed E-state index contributed by atoms with van der Waals surface area (Å²) in [7, 11) is -8.94. The number of hydrogen-bond donors (Lipinski definition) is 1. The van der Waals surface area contributed by atoms with Crippen molar-refractivity contribution in [2.75, 3.05) is 0 Å². The summed E-state index contributed by atoms with van der Waals surface area (Å²) < 4.78 is 37.3. The van der Waals surface area contributed by atoms with Crippen LogP contribution in [0.3, 0.4) is 0 Å². The van der Waals surface area contributed by atoms with E-state index in [1.165, 1.54) is 24.3 Å². The number of rotatable bonds is 3. The van der Waals surface area contributed by atoms with Gasteiger partial charge in [-0.2, -0.15) is 0 Å². The summed E-state index contributed by atoms with van der Waals surface area (Å²) in [6.45, 7) is 0. The molecule has 1 aromatic carbocycles. The van der Waals surface area contributed by atoms with Gasteiger partial charge in [-0.25, -0.2) is 13.6 Å². The zero-order valence-electron chi connectivity index (χ0n) is 10.6. The Hall–Kier alpha value is 1.04. The number of nitrogens with two attached hydrogens (primary N) is 1. The molecule has 0 radical (unpaired) electrons. The number of phosphoric ester groups is 1. The van der Waals surface area contributed by atoms with E-state index < -0.39 is 17.8 Å². The van der Waals surface area contributed by atoms with Gasteiger partial charge in [0.2, 0.25) is 10.0 Å². The van der Waals surface area contributed by atoms with Gasteiger partial charge < -0.3 is 18.9 Å². The van der Waals surface area contributed by atoms with Crippen molar-refractivity contribution >= 4 is 39.3 Å². The number of fused-ring (bicyclic) bond motifs is 1. The van der Waals surface area contributed by atoms with E-state index in [1.807, 2.05) is 0 Å². The van der Waals surface area contributed by atoms with Gasteiger partial charge in [-0.3, -0.25) is 0 Å². The van der Waals surface area contributed by atoms with Crippen molar-refractivity contribution in [2.24, 2.45) is 5.14 Å². The maximum absolute atomic E-state index is 11.1. The molecule has 0 saturated carbocycles. The van der Waals surface area contributed by atoms with Crippen LogP contribution in [0.2, 0.25) is 0 Å². The Balaban J connectivity index is 0.00000180. The van der Waals surface area contributed by atoms with Crippen molar-refractivity contribution in [3.8, 4) is 5.75 Å². The number of primary sulfonamides is 1. The Morgan fingerprint density at radius 2 is 1.80 bits per heavy atom. The van der Waals surface area contributed by atoms with Crippen molar-refractivity contribution < 1.29 is 86.4 Å². The van der Waals surface area contributed by atoms with Gasteiger partial charge in [-0.15, -0.1) is 11.3 Å². The van der Waals surface area contributed by atoms with Crippen LogP contribution in [0.4, 0.5) is 0 Å². The average molecular weight is 353 g/mol. The second-order valence-corrected chi connectivity index (χ2v) is 7.30. The average Bonchev–Trinajstić information content (AvgIpc) is 2.57. The summed E-state index contributed by atoms with van der Waals surface area (Å²) >= 11 is 0.858. The van der Waals surface area contributed by atoms with Gasteiger partial charge in [0, 0.05) is 4.70 Å². The molecule has 1 aromatic heterocycles. The Morgan fingerprint density at radius 1 is 1.20 bits per heavy atom. The third-order valence-corrected chi connectivity index (χ3v) is 4.92. The smallest absolute Gasteiger partial charge is 0.780 e. The quantitative estimate of drug-likeness (QED) is 0.431. The summed E-state index contributed by atoms with van der Waals surface area (Å²) in [4.78, 5) is 20.9. The predicted octanol–water partition coefficient (Wildman–Crippen LogP) is -6.24. The minimum atomic E-state index is -5.13. The maximum Gasteiger partial charge on any atom is 1.00 e. The number of sulfonamides is 1. The molecule has 98 valence electrons. The van der Waals surface area contributed by atoms with Gasteiger partial charge in [0.25, 0.3) is 0 Å². The second kappa shape index (κ2) is 7.54. The molecule has 2 aromatic rings. The summed E-state index contributed by atoms with van der Waals surface area (Å²) in [6, 6.07) is 5.31. The molecule has 1 heterocycles. The van der Waals surface area contributed by atoms with Gasteiger partial charge >= 0.3 is 59.1 Å². The fourth-order valence-electron chi connectivity index (χ4n) is 1.31. The van der Waals surface area contributed by atoms with Crippen LogP contribution < -0.4 is 78.6 Å². The zero-order valence-corrected chi connectivity index (χ0v) is 17.1. The molecule has 0 aliphatic rings. The van der Waals surface area contributed by atoms with Gasteiger partial charge in [0.15, 0.2) is 0 Å². The Labute approximate surface area is 163 Å². The molecular weight excluding hydrogens is 347 g/mol. The van der Waals surface area contributed by atoms with E-state index in [-0.39, 0.29) is 69.1 Å². The molecule has 0 fully saturated rings. The molecule has 0 saturated heterocycles. The Bertz CT molecular complexity index is 755. The molecule has 0 unspecified atom stereocenters. The molecule has 0 amide bonds. The van der Waals surface area contributed by atoms with Crippen molar-refractivity contribution in [3.63, 3.8) is 0 Å². The minimum absolute atomic E-state index is 0. The monoisotopic (exact) mass is 353 g/mol. The maximum atomic E-state index is 11.1. The minimum Gasteiger partial charge on any atom is -0.780 e. The van der Waals surface area contributed by atoms with Crippen LogP contribution in [0.15, 0.2) is 28.5 Å². The van der Waals surface area contributed by atoms with Gasteiger partial charge in [0.1, 0.15) is 17.8 Å². The van der Waals surface area contributed by atoms with Gasteiger partial charge in [-0.1, -0.05) is 0 Å². The van der Waals surface area contributed by atoms with Crippen molar-refractivity contribution in [2.45, 2.75) is 4.21 Å². The molecule has 0 bridgehead atoms. The van der Waals surface area contributed by atoms with E-state index in [0.29, 0.717) is 10.1 Å². The molecule has 12 heteroatoms. The summed E-state index contributed by atoms with van der Waals surface area (Å²) in [5, 5.41) is 5.53. The Kier molecular flexibility index (Phi) is 7.93. The van der Waals surface area contributed by atoms with Crippen LogP contribution in [0.1, 0.15) is 0 Å². The fraction of sp³-hybridized carbons (Fsp3) is 0. The first-order chi connectivity index (χ1) is 8.15. The van der Waals surface area contributed by atoms with Crippen LogP contribution in [-0.4, -0.2) is 8.42 Å². The normalized spacial score (nSPS) is 11.6. The van der Waals surface area contributed by atoms with Crippen LogP contribution in [0, 0.1) is 0 Å². The fourth-order valence-corrected chi connectivity index (χ4v) is 3.53. The van der Waals surface area contributed by atoms with Crippen molar-refractivity contribution in [1.29, 1.82) is 0 Å². The van der Waals surface area contributed by atoms with E-state index in [4.69, 9.17) is 5.14 Å². The largest absolute Gasteiger partial charge is 1.00 e. The molecule has 0 atom stereocenters. The molecule has 20 heavy (non-hydrogen) atoms. The number of thiophene rings is 1. The number of benzene rings is 1. The topological polar surface area (TPSA) is 133 Å². The Morgan fingerprint density at radius 3 is 2.30 bits per heavy atom. The second-order valence-electron chi connectivity index (χ2n) is 3.35. The summed E-state index contributed by atoms with van der Waals surface area (Å²) in [5.74, 6) is -0.168. The molecule has 2 N–H and O–H groups in total. The van der Waals surface area contributed by atoms with E-state index in [9.17, 15) is 22.8 Å². The predicted molar refractivity (Wildman–Crippen MR) is 61.4 cm³/mol. The SMILES string of the molecule is NS(=O)(=O)c1cc2ccc(OP(=O)([O-])[O-])cc2s1.[Na+].[Na+]. The van der Waals surface area contributed by atoms with Gasteiger partial charge in [0.05, 0.1) is 0 Å². The van der Waals surface area contributed by atoms with Crippen molar-refractivity contribution in [3.05, 3.63) is 24.3 Å². The summed E-state index contributed by atoms with van der Waals surface area (Å²) in [5.41, 5.74) is 0.